The van der Waals surface area contributed by atoms with E-state index in [4.69, 9.17) is 4.74 Å². The maximum atomic E-state index is 14.4. The monoisotopic (exact) mass is 506 g/mol. The molecule has 0 spiro atoms. The van der Waals surface area contributed by atoms with Crippen LogP contribution in [0, 0.1) is 11.6 Å². The van der Waals surface area contributed by atoms with Crippen molar-refractivity contribution >= 4 is 20.7 Å². The molecule has 182 valence electrons. The van der Waals surface area contributed by atoms with Crippen LogP contribution in [-0.2, 0) is 22.6 Å². The first kappa shape index (κ1) is 23.5. The van der Waals surface area contributed by atoms with Crippen molar-refractivity contribution in [2.75, 3.05) is 0 Å². The maximum absolute atomic E-state index is 14.4. The number of fused-ring (bicyclic) bond motifs is 1. The molecule has 0 saturated heterocycles. The lowest BCUT2D eigenvalue weighted by molar-refractivity contribution is 0.439. The fourth-order valence-corrected chi connectivity index (χ4v) is 5.37. The number of hydrogen-bond donors (Lipinski definition) is 1. The molecular formula is C27H20F2N2O4S. The van der Waals surface area contributed by atoms with Gasteiger partial charge in [0.15, 0.2) is 21.4 Å². The second kappa shape index (κ2) is 9.09. The summed E-state index contributed by atoms with van der Waals surface area (Å²) in [6.07, 6.45) is 3.23. The Kier molecular flexibility index (Phi) is 5.93. The van der Waals surface area contributed by atoms with E-state index in [1.807, 2.05) is 0 Å². The maximum Gasteiger partial charge on any atom is 0.274 e. The summed E-state index contributed by atoms with van der Waals surface area (Å²) in [6.45, 7) is 0. The van der Waals surface area contributed by atoms with Gasteiger partial charge in [-0.25, -0.2) is 17.2 Å². The standard InChI is InChI=1S/C27H20F2N2O4S/c1-31-12-11-20-22(15-30-26(20)27(31)32)21-13-17(16-36(33,34)19-5-3-2-4-6-19)7-9-24(21)35-25-10-8-18(28)14-23(25)29/h2-15,30H,16H2,1H3. The summed E-state index contributed by atoms with van der Waals surface area (Å²) in [7, 11) is -2.01. The second-order valence-electron chi connectivity index (χ2n) is 8.30. The molecule has 0 amide bonds. The fourth-order valence-electron chi connectivity index (χ4n) is 4.01. The highest BCUT2D eigenvalue weighted by Crippen LogP contribution is 2.38. The average Bonchev–Trinajstić information content (AvgIpc) is 3.29. The number of aromatic amines is 1. The molecule has 2 heterocycles. The molecule has 0 radical (unpaired) electrons. The first-order chi connectivity index (χ1) is 17.2. The minimum absolute atomic E-state index is 0.191. The summed E-state index contributed by atoms with van der Waals surface area (Å²) in [6, 6.07) is 17.6. The van der Waals surface area contributed by atoms with Crippen LogP contribution in [0.1, 0.15) is 5.56 Å². The van der Waals surface area contributed by atoms with Crippen molar-refractivity contribution in [1.82, 2.24) is 9.55 Å². The molecule has 0 aliphatic heterocycles. The van der Waals surface area contributed by atoms with Gasteiger partial charge in [0.25, 0.3) is 5.56 Å². The van der Waals surface area contributed by atoms with Crippen LogP contribution in [-0.4, -0.2) is 18.0 Å². The first-order valence-electron chi connectivity index (χ1n) is 10.9. The van der Waals surface area contributed by atoms with Crippen molar-refractivity contribution < 1.29 is 21.9 Å². The zero-order valence-corrected chi connectivity index (χ0v) is 19.9. The Balaban J connectivity index is 1.64. The van der Waals surface area contributed by atoms with Gasteiger partial charge < -0.3 is 14.3 Å². The van der Waals surface area contributed by atoms with Gasteiger partial charge in [-0.1, -0.05) is 24.3 Å². The second-order valence-corrected chi connectivity index (χ2v) is 10.3. The number of H-pyrrole nitrogens is 1. The SMILES string of the molecule is Cn1ccc2c(-c3cc(CS(=O)(=O)c4ccccc4)ccc3Oc3ccc(F)cc3F)c[nH]c2c1=O. The summed E-state index contributed by atoms with van der Waals surface area (Å²) in [5.74, 6) is -1.89. The van der Waals surface area contributed by atoms with Crippen molar-refractivity contribution in [2.24, 2.45) is 7.05 Å². The van der Waals surface area contributed by atoms with Crippen molar-refractivity contribution in [1.29, 1.82) is 0 Å². The fraction of sp³-hybridized carbons (Fsp3) is 0.0741. The third kappa shape index (κ3) is 4.40. The highest BCUT2D eigenvalue weighted by molar-refractivity contribution is 7.90. The van der Waals surface area contributed by atoms with Crippen LogP contribution in [0.5, 0.6) is 11.5 Å². The molecule has 1 N–H and O–H groups in total. The van der Waals surface area contributed by atoms with E-state index >= 15 is 0 Å². The number of nitrogens with zero attached hydrogens (tertiary/aromatic N) is 1. The van der Waals surface area contributed by atoms with Crippen molar-refractivity contribution in [3.63, 3.8) is 0 Å². The van der Waals surface area contributed by atoms with Crippen LogP contribution in [0.2, 0.25) is 0 Å². The lowest BCUT2D eigenvalue weighted by Gasteiger charge is -2.14. The molecule has 2 aromatic heterocycles. The number of aromatic nitrogens is 2. The Bertz CT molecular complexity index is 1760. The zero-order chi connectivity index (χ0) is 25.4. The van der Waals surface area contributed by atoms with Gasteiger partial charge in [-0.15, -0.1) is 0 Å². The first-order valence-corrected chi connectivity index (χ1v) is 12.6. The number of halogens is 2. The molecule has 6 nitrogen and oxygen atoms in total. The van der Waals surface area contributed by atoms with Crippen LogP contribution in [0.3, 0.4) is 0 Å². The smallest absolute Gasteiger partial charge is 0.274 e. The number of rotatable bonds is 6. The van der Waals surface area contributed by atoms with Gasteiger partial charge in [-0.2, -0.15) is 0 Å². The lowest BCUT2D eigenvalue weighted by Crippen LogP contribution is -2.15. The van der Waals surface area contributed by atoms with E-state index in [1.54, 1.807) is 55.8 Å². The summed E-state index contributed by atoms with van der Waals surface area (Å²) in [5, 5.41) is 0.589. The minimum Gasteiger partial charge on any atom is -0.454 e. The van der Waals surface area contributed by atoms with Crippen LogP contribution in [0.15, 0.2) is 94.9 Å². The van der Waals surface area contributed by atoms with Crippen LogP contribution in [0.4, 0.5) is 8.78 Å². The largest absolute Gasteiger partial charge is 0.454 e. The Morgan fingerprint density at radius 2 is 1.67 bits per heavy atom. The molecule has 5 aromatic rings. The Labute approximate surface area is 205 Å². The molecule has 5 rings (SSSR count). The molecular weight excluding hydrogens is 486 g/mol. The number of benzene rings is 3. The predicted octanol–water partition coefficient (Wildman–Crippen LogP) is 5.58. The van der Waals surface area contributed by atoms with Crippen molar-refractivity contribution in [3.05, 3.63) is 113 Å². The Morgan fingerprint density at radius 3 is 2.42 bits per heavy atom. The van der Waals surface area contributed by atoms with Gasteiger partial charge in [0.2, 0.25) is 0 Å². The molecule has 36 heavy (non-hydrogen) atoms. The molecule has 3 aromatic carbocycles. The van der Waals surface area contributed by atoms with Crippen molar-refractivity contribution in [2.45, 2.75) is 10.6 Å². The van der Waals surface area contributed by atoms with E-state index < -0.39 is 21.5 Å². The molecule has 0 fully saturated rings. The minimum atomic E-state index is -3.64. The van der Waals surface area contributed by atoms with Gasteiger partial charge in [-0.05, 0) is 48.0 Å². The zero-order valence-electron chi connectivity index (χ0n) is 19.0. The third-order valence-electron chi connectivity index (χ3n) is 5.83. The predicted molar refractivity (Wildman–Crippen MR) is 133 cm³/mol. The number of pyridine rings is 1. The summed E-state index contributed by atoms with van der Waals surface area (Å²) in [5.41, 5.74) is 1.60. The van der Waals surface area contributed by atoms with Gasteiger partial charge in [0.1, 0.15) is 17.1 Å². The van der Waals surface area contributed by atoms with Crippen molar-refractivity contribution in [3.8, 4) is 22.6 Å². The van der Waals surface area contributed by atoms with E-state index in [1.165, 1.54) is 28.8 Å². The van der Waals surface area contributed by atoms with E-state index in [2.05, 4.69) is 4.98 Å². The Hall–Kier alpha value is -4.24. The van der Waals surface area contributed by atoms with E-state index in [0.717, 1.165) is 6.07 Å². The van der Waals surface area contributed by atoms with Gasteiger partial charge in [0, 0.05) is 42.0 Å². The van der Waals surface area contributed by atoms with E-state index in [-0.39, 0.29) is 27.7 Å². The Morgan fingerprint density at radius 1 is 0.917 bits per heavy atom. The molecule has 0 saturated carbocycles. The normalized spacial score (nSPS) is 11.6. The number of ether oxygens (including phenoxy) is 1. The molecule has 0 bridgehead atoms. The summed E-state index contributed by atoms with van der Waals surface area (Å²) in [4.78, 5) is 15.7. The quantitative estimate of drug-likeness (QED) is 0.326. The highest BCUT2D eigenvalue weighted by Gasteiger charge is 2.20. The third-order valence-corrected chi connectivity index (χ3v) is 7.53. The molecule has 0 unspecified atom stereocenters. The molecule has 0 aliphatic carbocycles. The molecule has 0 aliphatic rings. The lowest BCUT2D eigenvalue weighted by atomic mass is 10.0. The van der Waals surface area contributed by atoms with Gasteiger partial charge >= 0.3 is 0 Å². The molecule has 0 atom stereocenters. The topological polar surface area (TPSA) is 81.2 Å². The van der Waals surface area contributed by atoms with Gasteiger partial charge in [0.05, 0.1) is 10.6 Å². The summed E-state index contributed by atoms with van der Waals surface area (Å²) < 4.78 is 60.9. The molecule has 9 heteroatoms. The van der Waals surface area contributed by atoms with E-state index in [9.17, 15) is 22.0 Å². The summed E-state index contributed by atoms with van der Waals surface area (Å²) >= 11 is 0. The average molecular weight is 507 g/mol. The number of sulfone groups is 1. The van der Waals surface area contributed by atoms with E-state index in [0.29, 0.717) is 33.7 Å². The van der Waals surface area contributed by atoms with Crippen LogP contribution < -0.4 is 10.3 Å². The highest BCUT2D eigenvalue weighted by atomic mass is 32.2. The number of nitrogens with one attached hydrogen (secondary N) is 1. The van der Waals surface area contributed by atoms with Gasteiger partial charge in [-0.3, -0.25) is 4.79 Å². The number of hydrogen-bond acceptors (Lipinski definition) is 4. The van der Waals surface area contributed by atoms with Crippen LogP contribution >= 0.6 is 0 Å². The number of aryl methyl sites for hydroxylation is 1. The van der Waals surface area contributed by atoms with Crippen LogP contribution in [0.25, 0.3) is 22.0 Å².